The molecule has 3 aromatic rings. The average Bonchev–Trinajstić information content (AvgIpc) is 3.50. The second kappa shape index (κ2) is 9.35. The summed E-state index contributed by atoms with van der Waals surface area (Å²) in [6.07, 6.45) is 0. The van der Waals surface area contributed by atoms with E-state index >= 15 is 0 Å². The van der Waals surface area contributed by atoms with Crippen molar-refractivity contribution in [2.24, 2.45) is 0 Å². The van der Waals surface area contributed by atoms with Gasteiger partial charge < -0.3 is 33.4 Å². The number of methoxy groups -OCH3 is 2. The molecule has 0 radical (unpaired) electrons. The number of benzene rings is 2. The smallest absolute Gasteiger partial charge is 0.337 e. The maximum absolute atomic E-state index is 12.6. The summed E-state index contributed by atoms with van der Waals surface area (Å²) in [5.41, 5.74) is 0.346. The van der Waals surface area contributed by atoms with Crippen LogP contribution in [0.25, 0.3) is 0 Å². The highest BCUT2D eigenvalue weighted by Gasteiger charge is 2.18. The van der Waals surface area contributed by atoms with E-state index in [1.54, 1.807) is 24.3 Å². The summed E-state index contributed by atoms with van der Waals surface area (Å²) in [5.74, 6) is 0.297. The molecule has 0 saturated carbocycles. The van der Waals surface area contributed by atoms with Gasteiger partial charge in [-0.3, -0.25) is 4.79 Å². The molecular weight excluding hydrogens is 434 g/mol. The molecule has 1 aliphatic rings. The van der Waals surface area contributed by atoms with Crippen molar-refractivity contribution < 1.29 is 42.5 Å². The van der Waals surface area contributed by atoms with Gasteiger partial charge >= 0.3 is 11.9 Å². The molecular formula is C23H19NO9. The molecule has 0 spiro atoms. The molecule has 0 fully saturated rings. The lowest BCUT2D eigenvalue weighted by Gasteiger charge is -2.09. The normalized spacial score (nSPS) is 11.6. The largest absolute Gasteiger partial charge is 0.486 e. The number of fused-ring (bicyclic) bond motifs is 1. The molecule has 170 valence electrons. The van der Waals surface area contributed by atoms with Gasteiger partial charge in [0, 0.05) is 11.8 Å². The zero-order valence-electron chi connectivity index (χ0n) is 17.7. The van der Waals surface area contributed by atoms with E-state index in [1.165, 1.54) is 38.5 Å². The summed E-state index contributed by atoms with van der Waals surface area (Å²) in [7, 11) is 2.42. The highest BCUT2D eigenvalue weighted by atomic mass is 16.7. The Labute approximate surface area is 187 Å². The molecule has 0 atom stereocenters. The van der Waals surface area contributed by atoms with Crippen LogP contribution in [0, 0.1) is 0 Å². The predicted molar refractivity (Wildman–Crippen MR) is 113 cm³/mol. The number of nitrogens with one attached hydrogen (secondary N) is 1. The first kappa shape index (κ1) is 21.8. The third-order valence-electron chi connectivity index (χ3n) is 4.64. The second-order valence-electron chi connectivity index (χ2n) is 6.81. The fourth-order valence-corrected chi connectivity index (χ4v) is 3.06. The van der Waals surface area contributed by atoms with Gasteiger partial charge in [0.15, 0.2) is 17.3 Å². The number of amides is 1. The third kappa shape index (κ3) is 4.90. The van der Waals surface area contributed by atoms with E-state index in [-0.39, 0.29) is 36.0 Å². The van der Waals surface area contributed by atoms with Gasteiger partial charge in [0.1, 0.15) is 18.1 Å². The van der Waals surface area contributed by atoms with Gasteiger partial charge in [0.2, 0.25) is 6.79 Å². The van der Waals surface area contributed by atoms with Gasteiger partial charge in [-0.2, -0.15) is 0 Å². The molecule has 1 aliphatic heterocycles. The van der Waals surface area contributed by atoms with Gasteiger partial charge in [-0.25, -0.2) is 9.59 Å². The number of furan rings is 1. The number of ether oxygens (including phenoxy) is 5. The first-order chi connectivity index (χ1) is 16.0. The Morgan fingerprint density at radius 3 is 2.27 bits per heavy atom. The third-order valence-corrected chi connectivity index (χ3v) is 4.64. The summed E-state index contributed by atoms with van der Waals surface area (Å²) in [6, 6.07) is 12.3. The van der Waals surface area contributed by atoms with Crippen LogP contribution in [0.15, 0.2) is 52.9 Å². The summed E-state index contributed by atoms with van der Waals surface area (Å²) < 4.78 is 31.2. The quantitative estimate of drug-likeness (QED) is 0.536. The number of rotatable bonds is 7. The number of hydrogen-bond donors (Lipinski definition) is 1. The van der Waals surface area contributed by atoms with Crippen molar-refractivity contribution in [3.63, 3.8) is 0 Å². The highest BCUT2D eigenvalue weighted by molar-refractivity contribution is 6.04. The van der Waals surface area contributed by atoms with Crippen LogP contribution >= 0.6 is 0 Å². The molecule has 1 N–H and O–H groups in total. The molecule has 4 rings (SSSR count). The van der Waals surface area contributed by atoms with Gasteiger partial charge in [-0.15, -0.1) is 0 Å². The molecule has 1 amide bonds. The van der Waals surface area contributed by atoms with Crippen LogP contribution in [0.5, 0.6) is 17.2 Å². The van der Waals surface area contributed by atoms with Gasteiger partial charge in [0.25, 0.3) is 5.91 Å². The van der Waals surface area contributed by atoms with E-state index < -0.39 is 17.8 Å². The molecule has 2 aromatic carbocycles. The van der Waals surface area contributed by atoms with Crippen molar-refractivity contribution in [1.82, 2.24) is 0 Å². The zero-order chi connectivity index (χ0) is 23.4. The first-order valence-electron chi connectivity index (χ1n) is 9.71. The summed E-state index contributed by atoms with van der Waals surface area (Å²) >= 11 is 0. The summed E-state index contributed by atoms with van der Waals surface area (Å²) in [4.78, 5) is 36.4. The van der Waals surface area contributed by atoms with Gasteiger partial charge in [0.05, 0.1) is 25.3 Å². The Morgan fingerprint density at radius 1 is 0.879 bits per heavy atom. The van der Waals surface area contributed by atoms with E-state index in [2.05, 4.69) is 14.8 Å². The molecule has 1 aromatic heterocycles. The van der Waals surface area contributed by atoms with Crippen LogP contribution in [0.1, 0.15) is 37.0 Å². The summed E-state index contributed by atoms with van der Waals surface area (Å²) in [6.45, 7) is 0.246. The minimum atomic E-state index is -0.669. The Bertz CT molecular complexity index is 1180. The predicted octanol–water partition coefficient (Wildman–Crippen LogP) is 3.41. The molecule has 10 nitrogen and oxygen atoms in total. The van der Waals surface area contributed by atoms with Gasteiger partial charge in [-0.1, -0.05) is 0 Å². The minimum absolute atomic E-state index is 0.0161. The Hall–Kier alpha value is -4.47. The van der Waals surface area contributed by atoms with Crippen LogP contribution < -0.4 is 19.5 Å². The standard InChI is InChI=1S/C23H19NO9/c1-28-22(26)13-7-14(23(27)29-2)9-15(8-13)24-21(25)19-6-4-17(33-19)11-30-16-3-5-18-20(10-16)32-12-31-18/h3-10H,11-12H2,1-2H3,(H,24,25). The van der Waals surface area contributed by atoms with Crippen LogP contribution in [0.2, 0.25) is 0 Å². The first-order valence-corrected chi connectivity index (χ1v) is 9.71. The maximum Gasteiger partial charge on any atom is 0.337 e. The zero-order valence-corrected chi connectivity index (χ0v) is 17.7. The maximum atomic E-state index is 12.6. The Kier molecular flexibility index (Phi) is 6.16. The lowest BCUT2D eigenvalue weighted by atomic mass is 10.1. The van der Waals surface area contributed by atoms with Crippen molar-refractivity contribution in [1.29, 1.82) is 0 Å². The number of carbonyl (C=O) groups is 3. The van der Waals surface area contributed by atoms with E-state index in [0.717, 1.165) is 0 Å². The number of hydrogen-bond acceptors (Lipinski definition) is 9. The SMILES string of the molecule is COC(=O)c1cc(NC(=O)c2ccc(COc3ccc4c(c3)OCO4)o2)cc(C(=O)OC)c1. The lowest BCUT2D eigenvalue weighted by molar-refractivity contribution is 0.0598. The fraction of sp³-hybridized carbons (Fsp3) is 0.174. The van der Waals surface area contributed by atoms with Crippen molar-refractivity contribution in [2.45, 2.75) is 6.61 Å². The van der Waals surface area contributed by atoms with Crippen molar-refractivity contribution in [3.05, 3.63) is 71.2 Å². The molecule has 2 heterocycles. The minimum Gasteiger partial charge on any atom is -0.486 e. The van der Waals surface area contributed by atoms with Crippen LogP contribution in [-0.4, -0.2) is 38.9 Å². The van der Waals surface area contributed by atoms with E-state index in [0.29, 0.717) is 23.0 Å². The Balaban J connectivity index is 1.44. The summed E-state index contributed by atoms with van der Waals surface area (Å²) in [5, 5.41) is 2.59. The van der Waals surface area contributed by atoms with Crippen molar-refractivity contribution in [3.8, 4) is 17.2 Å². The topological polar surface area (TPSA) is 123 Å². The van der Waals surface area contributed by atoms with Crippen LogP contribution in [0.4, 0.5) is 5.69 Å². The Morgan fingerprint density at radius 2 is 1.58 bits per heavy atom. The molecule has 0 aliphatic carbocycles. The molecule has 10 heteroatoms. The van der Waals surface area contributed by atoms with E-state index in [9.17, 15) is 14.4 Å². The highest BCUT2D eigenvalue weighted by Crippen LogP contribution is 2.35. The molecule has 33 heavy (non-hydrogen) atoms. The lowest BCUT2D eigenvalue weighted by Crippen LogP contribution is -2.13. The number of carbonyl (C=O) groups excluding carboxylic acids is 3. The van der Waals surface area contributed by atoms with Crippen molar-refractivity contribution >= 4 is 23.5 Å². The second-order valence-corrected chi connectivity index (χ2v) is 6.81. The van der Waals surface area contributed by atoms with E-state index in [4.69, 9.17) is 18.6 Å². The van der Waals surface area contributed by atoms with Crippen LogP contribution in [0.3, 0.4) is 0 Å². The molecule has 0 unspecified atom stereocenters. The average molecular weight is 453 g/mol. The molecule has 0 bridgehead atoms. The number of esters is 2. The van der Waals surface area contributed by atoms with E-state index in [1.807, 2.05) is 0 Å². The monoisotopic (exact) mass is 453 g/mol. The number of anilines is 1. The van der Waals surface area contributed by atoms with Crippen LogP contribution in [-0.2, 0) is 16.1 Å². The van der Waals surface area contributed by atoms with Gasteiger partial charge in [-0.05, 0) is 42.5 Å². The molecule has 0 saturated heterocycles. The fourth-order valence-electron chi connectivity index (χ4n) is 3.06. The van der Waals surface area contributed by atoms with Crippen molar-refractivity contribution in [2.75, 3.05) is 26.3 Å².